The van der Waals surface area contributed by atoms with Crippen LogP contribution in [0.15, 0.2) is 0 Å². The summed E-state index contributed by atoms with van der Waals surface area (Å²) in [5, 5.41) is 0. The Labute approximate surface area is 348 Å². The zero-order valence-corrected chi connectivity index (χ0v) is 38.4. The first kappa shape index (κ1) is 54.4. The van der Waals surface area contributed by atoms with Crippen LogP contribution in [-0.4, -0.2) is 37.2 Å². The van der Waals surface area contributed by atoms with Crippen LogP contribution in [0.1, 0.15) is 266 Å². The van der Waals surface area contributed by atoms with Gasteiger partial charge in [-0.25, -0.2) is 0 Å². The van der Waals surface area contributed by atoms with Crippen molar-refractivity contribution >= 4 is 17.9 Å². The SMILES string of the molecule is CCC(C)CCCCCCCCCCCCC(=O)OC[C@@H](COC(=O)CCCCCCCCC(C)C)OC(=O)CCCCCCCCCCCCCCC(C)C. The fraction of sp³-hybridized carbons (Fsp3) is 0.940. The van der Waals surface area contributed by atoms with Gasteiger partial charge in [0.15, 0.2) is 6.10 Å². The summed E-state index contributed by atoms with van der Waals surface area (Å²) < 4.78 is 16.8. The lowest BCUT2D eigenvalue weighted by atomic mass is 9.99. The molecule has 0 radical (unpaired) electrons. The number of hydrogen-bond donors (Lipinski definition) is 0. The van der Waals surface area contributed by atoms with Crippen LogP contribution in [0.2, 0.25) is 0 Å². The second kappa shape index (κ2) is 41.6. The molecule has 56 heavy (non-hydrogen) atoms. The molecule has 332 valence electrons. The number of rotatable bonds is 43. The Morgan fingerprint density at radius 3 is 0.929 bits per heavy atom. The second-order valence-corrected chi connectivity index (χ2v) is 18.3. The van der Waals surface area contributed by atoms with E-state index in [1.54, 1.807) is 0 Å². The normalized spacial score (nSPS) is 12.6. The summed E-state index contributed by atoms with van der Waals surface area (Å²) in [5.41, 5.74) is 0. The van der Waals surface area contributed by atoms with E-state index in [0.29, 0.717) is 19.3 Å². The lowest BCUT2D eigenvalue weighted by Gasteiger charge is -2.18. The summed E-state index contributed by atoms with van der Waals surface area (Å²) in [7, 11) is 0. The molecular weight excluding hydrogens is 697 g/mol. The zero-order valence-electron chi connectivity index (χ0n) is 38.4. The average Bonchev–Trinajstić information content (AvgIpc) is 3.16. The van der Waals surface area contributed by atoms with Gasteiger partial charge in [0.25, 0.3) is 0 Å². The number of unbranched alkanes of at least 4 members (excludes halogenated alkanes) is 25. The summed E-state index contributed by atoms with van der Waals surface area (Å²) >= 11 is 0. The van der Waals surface area contributed by atoms with Gasteiger partial charge in [0, 0.05) is 19.3 Å². The van der Waals surface area contributed by atoms with Gasteiger partial charge >= 0.3 is 17.9 Å². The van der Waals surface area contributed by atoms with Gasteiger partial charge in [-0.05, 0) is 37.0 Å². The minimum atomic E-state index is -0.762. The smallest absolute Gasteiger partial charge is 0.306 e. The molecule has 0 bridgehead atoms. The Bertz CT molecular complexity index is 870. The molecule has 0 aromatic rings. The van der Waals surface area contributed by atoms with Gasteiger partial charge in [-0.15, -0.1) is 0 Å². The van der Waals surface area contributed by atoms with Gasteiger partial charge in [-0.3, -0.25) is 14.4 Å². The molecular formula is C50H96O6. The van der Waals surface area contributed by atoms with Crippen molar-refractivity contribution in [2.75, 3.05) is 13.2 Å². The highest BCUT2D eigenvalue weighted by molar-refractivity contribution is 5.71. The fourth-order valence-electron chi connectivity index (χ4n) is 7.38. The van der Waals surface area contributed by atoms with Crippen LogP contribution in [0, 0.1) is 17.8 Å². The number of carbonyl (C=O) groups is 3. The number of esters is 3. The molecule has 0 aromatic heterocycles. The molecule has 6 heteroatoms. The highest BCUT2D eigenvalue weighted by Crippen LogP contribution is 2.18. The van der Waals surface area contributed by atoms with E-state index >= 15 is 0 Å². The molecule has 0 N–H and O–H groups in total. The van der Waals surface area contributed by atoms with E-state index in [1.807, 2.05) is 0 Å². The maximum Gasteiger partial charge on any atom is 0.306 e. The third kappa shape index (κ3) is 42.0. The van der Waals surface area contributed by atoms with Crippen molar-refractivity contribution in [3.63, 3.8) is 0 Å². The van der Waals surface area contributed by atoms with E-state index in [9.17, 15) is 14.4 Å². The van der Waals surface area contributed by atoms with Gasteiger partial charge in [0.1, 0.15) is 13.2 Å². The van der Waals surface area contributed by atoms with E-state index in [2.05, 4.69) is 41.5 Å². The lowest BCUT2D eigenvalue weighted by molar-refractivity contribution is -0.167. The quantitative estimate of drug-likeness (QED) is 0.0348. The molecule has 0 fully saturated rings. The Balaban J connectivity index is 4.31. The number of hydrogen-bond acceptors (Lipinski definition) is 6. The van der Waals surface area contributed by atoms with Crippen molar-refractivity contribution in [2.24, 2.45) is 17.8 Å². The molecule has 0 saturated heterocycles. The van der Waals surface area contributed by atoms with Gasteiger partial charge in [-0.2, -0.15) is 0 Å². The highest BCUT2D eigenvalue weighted by Gasteiger charge is 2.19. The molecule has 1 unspecified atom stereocenters. The molecule has 0 aromatic carbocycles. The lowest BCUT2D eigenvalue weighted by Crippen LogP contribution is -2.30. The first-order chi connectivity index (χ1) is 27.1. The van der Waals surface area contributed by atoms with Crippen molar-refractivity contribution in [3.05, 3.63) is 0 Å². The maximum absolute atomic E-state index is 12.8. The van der Waals surface area contributed by atoms with Crippen LogP contribution in [0.3, 0.4) is 0 Å². The molecule has 0 amide bonds. The molecule has 0 rings (SSSR count). The van der Waals surface area contributed by atoms with Crippen molar-refractivity contribution in [1.82, 2.24) is 0 Å². The minimum Gasteiger partial charge on any atom is -0.462 e. The number of carbonyl (C=O) groups excluding carboxylic acids is 3. The predicted octanol–water partition coefficient (Wildman–Crippen LogP) is 15.6. The molecule has 0 aliphatic heterocycles. The van der Waals surface area contributed by atoms with Gasteiger partial charge in [0.05, 0.1) is 0 Å². The van der Waals surface area contributed by atoms with Crippen molar-refractivity contribution in [2.45, 2.75) is 272 Å². The molecule has 0 spiro atoms. The van der Waals surface area contributed by atoms with E-state index in [-0.39, 0.29) is 31.1 Å². The van der Waals surface area contributed by atoms with Gasteiger partial charge in [0.2, 0.25) is 0 Å². The highest BCUT2D eigenvalue weighted by atomic mass is 16.6. The summed E-state index contributed by atoms with van der Waals surface area (Å²) in [6.45, 7) is 13.7. The predicted molar refractivity (Wildman–Crippen MR) is 238 cm³/mol. The average molecular weight is 793 g/mol. The van der Waals surface area contributed by atoms with Crippen molar-refractivity contribution < 1.29 is 28.6 Å². The van der Waals surface area contributed by atoms with Crippen LogP contribution >= 0.6 is 0 Å². The Morgan fingerprint density at radius 1 is 0.357 bits per heavy atom. The zero-order chi connectivity index (χ0) is 41.3. The summed E-state index contributed by atoms with van der Waals surface area (Å²) in [6.07, 6.45) is 39.5. The van der Waals surface area contributed by atoms with E-state index < -0.39 is 6.10 Å². The summed E-state index contributed by atoms with van der Waals surface area (Å²) in [6, 6.07) is 0. The second-order valence-electron chi connectivity index (χ2n) is 18.3. The van der Waals surface area contributed by atoms with Crippen LogP contribution < -0.4 is 0 Å². The standard InChI is InChI=1S/C50H96O6/c1-7-46(6)38-32-26-19-15-12-13-16-20-27-33-39-48(51)54-42-47(43-55-49(52)40-34-28-23-22-25-31-37-45(4)5)56-50(53)41-35-29-21-17-11-9-8-10-14-18-24-30-36-44(2)3/h44-47H,7-43H2,1-6H3/t46?,47-/m0/s1. The van der Waals surface area contributed by atoms with E-state index in [4.69, 9.17) is 14.2 Å². The molecule has 6 nitrogen and oxygen atoms in total. The van der Waals surface area contributed by atoms with Crippen LogP contribution in [-0.2, 0) is 28.6 Å². The van der Waals surface area contributed by atoms with Crippen LogP contribution in [0.5, 0.6) is 0 Å². The first-order valence-corrected chi connectivity index (χ1v) is 24.6. The van der Waals surface area contributed by atoms with Gasteiger partial charge in [-0.1, -0.05) is 228 Å². The Hall–Kier alpha value is -1.59. The summed E-state index contributed by atoms with van der Waals surface area (Å²) in [4.78, 5) is 37.8. The molecule has 0 saturated carbocycles. The molecule has 2 atom stereocenters. The van der Waals surface area contributed by atoms with Gasteiger partial charge < -0.3 is 14.2 Å². The fourth-order valence-corrected chi connectivity index (χ4v) is 7.38. The number of ether oxygens (including phenoxy) is 3. The largest absolute Gasteiger partial charge is 0.462 e. The third-order valence-electron chi connectivity index (χ3n) is 11.5. The van der Waals surface area contributed by atoms with Crippen LogP contribution in [0.25, 0.3) is 0 Å². The summed E-state index contributed by atoms with van der Waals surface area (Å²) in [5.74, 6) is 1.60. The van der Waals surface area contributed by atoms with Crippen molar-refractivity contribution in [1.29, 1.82) is 0 Å². The molecule has 0 aliphatic rings. The minimum absolute atomic E-state index is 0.0659. The Morgan fingerprint density at radius 2 is 0.625 bits per heavy atom. The maximum atomic E-state index is 12.8. The monoisotopic (exact) mass is 793 g/mol. The van der Waals surface area contributed by atoms with E-state index in [0.717, 1.165) is 75.5 Å². The third-order valence-corrected chi connectivity index (χ3v) is 11.5. The van der Waals surface area contributed by atoms with Crippen LogP contribution in [0.4, 0.5) is 0 Å². The first-order valence-electron chi connectivity index (χ1n) is 24.6. The topological polar surface area (TPSA) is 78.9 Å². The Kier molecular flexibility index (Phi) is 40.4. The molecule has 0 heterocycles. The van der Waals surface area contributed by atoms with E-state index in [1.165, 1.54) is 148 Å². The van der Waals surface area contributed by atoms with Crippen molar-refractivity contribution in [3.8, 4) is 0 Å². The molecule has 0 aliphatic carbocycles.